The van der Waals surface area contributed by atoms with E-state index in [0.717, 1.165) is 49.9 Å². The Kier molecular flexibility index (Phi) is 7.75. The molecule has 27 heavy (non-hydrogen) atoms. The average molecular weight is 374 g/mol. The first kappa shape index (κ1) is 19.9. The largest absolute Gasteiger partial charge is 0.474 e. The van der Waals surface area contributed by atoms with Crippen molar-refractivity contribution >= 4 is 5.96 Å². The third-order valence-electron chi connectivity index (χ3n) is 5.59. The summed E-state index contributed by atoms with van der Waals surface area (Å²) < 4.78 is 6.14. The molecule has 1 aromatic rings. The van der Waals surface area contributed by atoms with Gasteiger partial charge in [-0.25, -0.2) is 9.98 Å². The molecule has 1 atom stereocenters. The van der Waals surface area contributed by atoms with E-state index in [2.05, 4.69) is 40.4 Å². The maximum atomic E-state index is 6.14. The van der Waals surface area contributed by atoms with Crippen LogP contribution < -0.4 is 15.4 Å². The van der Waals surface area contributed by atoms with Gasteiger partial charge < -0.3 is 15.4 Å². The lowest BCUT2D eigenvalue weighted by molar-refractivity contribution is 0.199. The van der Waals surface area contributed by atoms with Crippen molar-refractivity contribution in [1.82, 2.24) is 20.5 Å². The number of ether oxygens (including phenoxy) is 1. The highest BCUT2D eigenvalue weighted by Gasteiger charge is 2.23. The molecule has 0 radical (unpaired) electrons. The van der Waals surface area contributed by atoms with Gasteiger partial charge in [0.15, 0.2) is 5.96 Å². The van der Waals surface area contributed by atoms with Crippen molar-refractivity contribution < 1.29 is 4.74 Å². The number of nitrogens with zero attached hydrogens (tertiary/aromatic N) is 3. The van der Waals surface area contributed by atoms with Crippen LogP contribution in [0.3, 0.4) is 0 Å². The minimum Gasteiger partial charge on any atom is -0.474 e. The molecule has 1 aliphatic carbocycles. The standard InChI is InChI=1S/C21H35N5O/c1-3-22-21(25-16-18-10-8-14-26(18)4-2)24-15-17-9-7-13-23-20(17)27-19-11-5-6-12-19/h7,9,13,18-19H,3-6,8,10-12,14-16H2,1-2H3,(H2,22,24,25). The van der Waals surface area contributed by atoms with Crippen molar-refractivity contribution in [2.24, 2.45) is 4.99 Å². The minimum absolute atomic E-state index is 0.316. The molecular formula is C21H35N5O. The van der Waals surface area contributed by atoms with Crippen molar-refractivity contribution in [1.29, 1.82) is 0 Å². The molecule has 0 aromatic carbocycles. The first-order valence-electron chi connectivity index (χ1n) is 10.7. The number of nitrogens with one attached hydrogen (secondary N) is 2. The van der Waals surface area contributed by atoms with Gasteiger partial charge in [0.2, 0.25) is 5.88 Å². The van der Waals surface area contributed by atoms with Crippen LogP contribution in [0.15, 0.2) is 23.3 Å². The molecular weight excluding hydrogens is 338 g/mol. The molecule has 6 nitrogen and oxygen atoms in total. The summed E-state index contributed by atoms with van der Waals surface area (Å²) in [6.45, 7) is 9.05. The second-order valence-corrected chi connectivity index (χ2v) is 7.49. The molecule has 0 bridgehead atoms. The number of hydrogen-bond donors (Lipinski definition) is 2. The first-order valence-corrected chi connectivity index (χ1v) is 10.7. The van der Waals surface area contributed by atoms with E-state index < -0.39 is 0 Å². The Labute approximate surface area is 163 Å². The van der Waals surface area contributed by atoms with Crippen LogP contribution in [0.1, 0.15) is 57.9 Å². The number of guanidine groups is 1. The fraction of sp³-hybridized carbons (Fsp3) is 0.714. The van der Waals surface area contributed by atoms with E-state index in [-0.39, 0.29) is 0 Å². The molecule has 2 fully saturated rings. The fourth-order valence-corrected chi connectivity index (χ4v) is 4.08. The van der Waals surface area contributed by atoms with E-state index in [0.29, 0.717) is 18.7 Å². The van der Waals surface area contributed by atoms with Gasteiger partial charge in [0.25, 0.3) is 0 Å². The topological polar surface area (TPSA) is 61.8 Å². The van der Waals surface area contributed by atoms with Gasteiger partial charge >= 0.3 is 0 Å². The lowest BCUT2D eigenvalue weighted by atomic mass is 10.2. The quantitative estimate of drug-likeness (QED) is 0.542. The summed E-state index contributed by atoms with van der Waals surface area (Å²) in [6.07, 6.45) is 9.48. The zero-order chi connectivity index (χ0) is 18.9. The Hall–Kier alpha value is -1.82. The van der Waals surface area contributed by atoms with Crippen LogP contribution in [0.2, 0.25) is 0 Å². The smallest absolute Gasteiger partial charge is 0.218 e. The Morgan fingerprint density at radius 2 is 2.07 bits per heavy atom. The summed E-state index contributed by atoms with van der Waals surface area (Å²) in [5, 5.41) is 6.89. The van der Waals surface area contributed by atoms with E-state index in [4.69, 9.17) is 9.73 Å². The summed E-state index contributed by atoms with van der Waals surface area (Å²) in [4.78, 5) is 11.8. The lowest BCUT2D eigenvalue weighted by Gasteiger charge is -2.24. The highest BCUT2D eigenvalue weighted by atomic mass is 16.5. The van der Waals surface area contributed by atoms with Gasteiger partial charge in [-0.15, -0.1) is 0 Å². The lowest BCUT2D eigenvalue weighted by Crippen LogP contribution is -2.44. The minimum atomic E-state index is 0.316. The molecule has 150 valence electrons. The van der Waals surface area contributed by atoms with E-state index >= 15 is 0 Å². The molecule has 1 unspecified atom stereocenters. The molecule has 3 rings (SSSR count). The van der Waals surface area contributed by atoms with Crippen LogP contribution in [-0.4, -0.2) is 54.2 Å². The monoisotopic (exact) mass is 373 g/mol. The van der Waals surface area contributed by atoms with Gasteiger partial charge in [0, 0.05) is 30.9 Å². The van der Waals surface area contributed by atoms with Crippen LogP contribution in [0.5, 0.6) is 5.88 Å². The fourth-order valence-electron chi connectivity index (χ4n) is 4.08. The number of hydrogen-bond acceptors (Lipinski definition) is 4. The Balaban J connectivity index is 1.59. The highest BCUT2D eigenvalue weighted by molar-refractivity contribution is 5.79. The highest BCUT2D eigenvalue weighted by Crippen LogP contribution is 2.25. The average Bonchev–Trinajstić information content (AvgIpc) is 3.36. The van der Waals surface area contributed by atoms with E-state index in [9.17, 15) is 0 Å². The molecule has 6 heteroatoms. The van der Waals surface area contributed by atoms with Crippen LogP contribution in [0.4, 0.5) is 0 Å². The molecule has 1 aliphatic heterocycles. The van der Waals surface area contributed by atoms with Crippen LogP contribution >= 0.6 is 0 Å². The van der Waals surface area contributed by atoms with Gasteiger partial charge in [-0.05, 0) is 64.6 Å². The summed E-state index contributed by atoms with van der Waals surface area (Å²) >= 11 is 0. The van der Waals surface area contributed by atoms with Gasteiger partial charge in [0.05, 0.1) is 6.54 Å². The zero-order valence-electron chi connectivity index (χ0n) is 16.9. The van der Waals surface area contributed by atoms with Crippen LogP contribution in [-0.2, 0) is 6.54 Å². The Bertz CT molecular complexity index is 600. The van der Waals surface area contributed by atoms with Crippen molar-refractivity contribution in [2.75, 3.05) is 26.2 Å². The number of likely N-dealkylation sites (tertiary alicyclic amines) is 1. The van der Waals surface area contributed by atoms with Crippen LogP contribution in [0, 0.1) is 0 Å². The number of rotatable bonds is 8. The second-order valence-electron chi connectivity index (χ2n) is 7.49. The number of pyridine rings is 1. The molecule has 1 saturated carbocycles. The van der Waals surface area contributed by atoms with E-state index in [1.807, 2.05) is 6.07 Å². The molecule has 0 spiro atoms. The van der Waals surface area contributed by atoms with Gasteiger partial charge in [-0.3, -0.25) is 4.90 Å². The molecule has 2 heterocycles. The number of aliphatic imine (C=N–C) groups is 1. The van der Waals surface area contributed by atoms with Gasteiger partial charge in [-0.1, -0.05) is 13.0 Å². The molecule has 2 aliphatic rings. The normalized spacial score (nSPS) is 21.6. The zero-order valence-corrected chi connectivity index (χ0v) is 16.9. The molecule has 1 aromatic heterocycles. The number of likely N-dealkylation sites (N-methyl/N-ethyl adjacent to an activating group) is 1. The predicted octanol–water partition coefficient (Wildman–Crippen LogP) is 2.94. The van der Waals surface area contributed by atoms with E-state index in [1.54, 1.807) is 6.20 Å². The van der Waals surface area contributed by atoms with Gasteiger partial charge in [-0.2, -0.15) is 0 Å². The van der Waals surface area contributed by atoms with Crippen molar-refractivity contribution in [2.45, 2.75) is 71.1 Å². The SMILES string of the molecule is CCNC(=NCc1cccnc1OC1CCCC1)NCC1CCCN1CC. The summed E-state index contributed by atoms with van der Waals surface area (Å²) in [5.74, 6) is 1.62. The third kappa shape index (κ3) is 5.83. The Morgan fingerprint density at radius 3 is 2.85 bits per heavy atom. The van der Waals surface area contributed by atoms with Crippen molar-refractivity contribution in [3.63, 3.8) is 0 Å². The van der Waals surface area contributed by atoms with E-state index in [1.165, 1.54) is 32.2 Å². The van der Waals surface area contributed by atoms with Gasteiger partial charge in [0.1, 0.15) is 6.10 Å². The van der Waals surface area contributed by atoms with Crippen LogP contribution in [0.25, 0.3) is 0 Å². The van der Waals surface area contributed by atoms with Crippen molar-refractivity contribution in [3.05, 3.63) is 23.9 Å². The summed E-state index contributed by atoms with van der Waals surface area (Å²) in [5.41, 5.74) is 1.05. The molecule has 1 saturated heterocycles. The summed E-state index contributed by atoms with van der Waals surface area (Å²) in [6, 6.07) is 4.64. The Morgan fingerprint density at radius 1 is 1.22 bits per heavy atom. The predicted molar refractivity (Wildman–Crippen MR) is 110 cm³/mol. The maximum Gasteiger partial charge on any atom is 0.218 e. The maximum absolute atomic E-state index is 6.14. The second kappa shape index (κ2) is 10.5. The number of aromatic nitrogens is 1. The summed E-state index contributed by atoms with van der Waals surface area (Å²) in [7, 11) is 0. The third-order valence-corrected chi connectivity index (χ3v) is 5.59. The first-order chi connectivity index (χ1) is 13.3. The van der Waals surface area contributed by atoms with Crippen molar-refractivity contribution in [3.8, 4) is 5.88 Å². The molecule has 0 amide bonds. The molecule has 2 N–H and O–H groups in total.